The van der Waals surface area contributed by atoms with Gasteiger partial charge in [-0.05, 0) is 25.0 Å². The van der Waals surface area contributed by atoms with E-state index in [9.17, 15) is 20.0 Å². The number of nitrogens with one attached hydrogen (secondary N) is 1. The molecule has 108 valence electrons. The second-order valence-electron chi connectivity index (χ2n) is 4.66. The van der Waals surface area contributed by atoms with Crippen LogP contribution in [0.25, 0.3) is 0 Å². The number of piperidine rings is 1. The lowest BCUT2D eigenvalue weighted by molar-refractivity contribution is -0.385. The van der Waals surface area contributed by atoms with Gasteiger partial charge in [0.05, 0.1) is 11.0 Å². The molecule has 1 saturated heterocycles. The van der Waals surface area contributed by atoms with Gasteiger partial charge in [0.15, 0.2) is 0 Å². The molecule has 0 bridgehead atoms. The number of hydrogen-bond acceptors (Lipinski definition) is 6. The Kier molecular flexibility index (Phi) is 4.16. The Hall–Kier alpha value is -2.19. The van der Waals surface area contributed by atoms with E-state index in [0.717, 1.165) is 0 Å². The van der Waals surface area contributed by atoms with Crippen LogP contribution in [0, 0.1) is 10.1 Å². The fourth-order valence-corrected chi connectivity index (χ4v) is 2.20. The third-order valence-corrected chi connectivity index (χ3v) is 3.34. The molecule has 1 amide bonds. The van der Waals surface area contributed by atoms with E-state index in [4.69, 9.17) is 5.84 Å². The number of benzene rings is 1. The van der Waals surface area contributed by atoms with Gasteiger partial charge in [0.1, 0.15) is 5.56 Å². The largest absolute Gasteiger partial charge is 0.393 e. The van der Waals surface area contributed by atoms with E-state index in [0.29, 0.717) is 31.6 Å². The average Bonchev–Trinajstić information content (AvgIpc) is 2.46. The predicted molar refractivity (Wildman–Crippen MR) is 72.1 cm³/mol. The van der Waals surface area contributed by atoms with Crippen molar-refractivity contribution in [3.63, 3.8) is 0 Å². The normalized spacial score (nSPS) is 16.0. The predicted octanol–water partition coefficient (Wildman–Crippen LogP) is 0.477. The van der Waals surface area contributed by atoms with Crippen molar-refractivity contribution in [1.82, 2.24) is 4.90 Å². The summed E-state index contributed by atoms with van der Waals surface area (Å²) in [7, 11) is 0. The Morgan fingerprint density at radius 1 is 1.45 bits per heavy atom. The Bertz CT molecular complexity index is 526. The molecule has 1 aliphatic rings. The highest BCUT2D eigenvalue weighted by Crippen LogP contribution is 2.25. The topological polar surface area (TPSA) is 122 Å². The third-order valence-electron chi connectivity index (χ3n) is 3.34. The number of nitrogens with zero attached hydrogens (tertiary/aromatic N) is 2. The summed E-state index contributed by atoms with van der Waals surface area (Å²) in [6, 6.07) is 4.06. The number of nitro benzene ring substituents is 1. The highest BCUT2D eigenvalue weighted by Gasteiger charge is 2.27. The van der Waals surface area contributed by atoms with Gasteiger partial charge in [-0.1, -0.05) is 0 Å². The number of hydrogen-bond donors (Lipinski definition) is 3. The zero-order chi connectivity index (χ0) is 14.7. The fraction of sp³-hybridized carbons (Fsp3) is 0.417. The summed E-state index contributed by atoms with van der Waals surface area (Å²) in [6.45, 7) is 0.773. The smallest absolute Gasteiger partial charge is 0.282 e. The van der Waals surface area contributed by atoms with E-state index in [1.165, 1.54) is 23.1 Å². The second kappa shape index (κ2) is 5.85. The first-order valence-electron chi connectivity index (χ1n) is 6.25. The molecule has 0 saturated carbocycles. The standard InChI is InChI=1S/C12H16N4O4/c13-14-8-1-2-11(16(19)20)10(7-8)12(18)15-5-3-9(17)4-6-15/h1-2,7,9,14,17H,3-6,13H2. The lowest BCUT2D eigenvalue weighted by Gasteiger charge is -2.29. The van der Waals surface area contributed by atoms with Gasteiger partial charge in [0, 0.05) is 24.8 Å². The quantitative estimate of drug-likeness (QED) is 0.420. The average molecular weight is 280 g/mol. The minimum absolute atomic E-state index is 0.00170. The maximum Gasteiger partial charge on any atom is 0.282 e. The zero-order valence-corrected chi connectivity index (χ0v) is 10.8. The number of aliphatic hydroxyl groups excluding tert-OH is 1. The second-order valence-corrected chi connectivity index (χ2v) is 4.66. The molecule has 0 aliphatic carbocycles. The molecule has 1 heterocycles. The van der Waals surface area contributed by atoms with Gasteiger partial charge in [-0.25, -0.2) is 0 Å². The maximum absolute atomic E-state index is 12.4. The number of anilines is 1. The Morgan fingerprint density at radius 3 is 2.65 bits per heavy atom. The van der Waals surface area contributed by atoms with E-state index in [1.807, 2.05) is 0 Å². The van der Waals surface area contributed by atoms with Crippen molar-refractivity contribution in [2.75, 3.05) is 18.5 Å². The van der Waals surface area contributed by atoms with Crippen molar-refractivity contribution < 1.29 is 14.8 Å². The molecule has 1 aliphatic heterocycles. The van der Waals surface area contributed by atoms with Crippen molar-refractivity contribution >= 4 is 17.3 Å². The van der Waals surface area contributed by atoms with Gasteiger partial charge in [0.2, 0.25) is 0 Å². The molecule has 4 N–H and O–H groups in total. The fourth-order valence-electron chi connectivity index (χ4n) is 2.20. The molecule has 1 aromatic carbocycles. The molecule has 0 radical (unpaired) electrons. The van der Waals surface area contributed by atoms with Crippen molar-refractivity contribution in [2.45, 2.75) is 18.9 Å². The van der Waals surface area contributed by atoms with Crippen LogP contribution in [0.15, 0.2) is 18.2 Å². The van der Waals surface area contributed by atoms with Crippen LogP contribution in [0.2, 0.25) is 0 Å². The lowest BCUT2D eigenvalue weighted by Crippen LogP contribution is -2.40. The van der Waals surface area contributed by atoms with Gasteiger partial charge in [-0.15, -0.1) is 0 Å². The first-order chi connectivity index (χ1) is 9.52. The first-order valence-corrected chi connectivity index (χ1v) is 6.25. The molecule has 1 aromatic rings. The van der Waals surface area contributed by atoms with Crippen LogP contribution in [0.1, 0.15) is 23.2 Å². The number of nitrogens with two attached hydrogens (primary N) is 1. The number of amides is 1. The molecular weight excluding hydrogens is 264 g/mol. The molecule has 0 aromatic heterocycles. The van der Waals surface area contributed by atoms with Crippen molar-refractivity contribution in [1.29, 1.82) is 0 Å². The van der Waals surface area contributed by atoms with Crippen molar-refractivity contribution in [3.05, 3.63) is 33.9 Å². The van der Waals surface area contributed by atoms with Gasteiger partial charge in [-0.2, -0.15) is 0 Å². The lowest BCUT2D eigenvalue weighted by atomic mass is 10.1. The number of hydrazine groups is 1. The summed E-state index contributed by atoms with van der Waals surface area (Å²) < 4.78 is 0. The molecule has 0 atom stereocenters. The summed E-state index contributed by atoms with van der Waals surface area (Å²) >= 11 is 0. The number of rotatable bonds is 3. The van der Waals surface area contributed by atoms with E-state index >= 15 is 0 Å². The van der Waals surface area contributed by atoms with Crippen molar-refractivity contribution in [2.24, 2.45) is 5.84 Å². The number of nitrogen functional groups attached to an aromatic ring is 1. The number of carbonyl (C=O) groups excluding carboxylic acids is 1. The van der Waals surface area contributed by atoms with Crippen molar-refractivity contribution in [3.8, 4) is 0 Å². The molecule has 20 heavy (non-hydrogen) atoms. The Morgan fingerprint density at radius 2 is 2.10 bits per heavy atom. The van der Waals surface area contributed by atoms with Gasteiger partial charge >= 0.3 is 0 Å². The zero-order valence-electron chi connectivity index (χ0n) is 10.8. The monoisotopic (exact) mass is 280 g/mol. The summed E-state index contributed by atoms with van der Waals surface area (Å²) in [6.07, 6.45) is 0.550. The highest BCUT2D eigenvalue weighted by atomic mass is 16.6. The van der Waals surface area contributed by atoms with Gasteiger partial charge in [-0.3, -0.25) is 20.8 Å². The van der Waals surface area contributed by atoms with E-state index in [2.05, 4.69) is 5.43 Å². The minimum atomic E-state index is -0.591. The summed E-state index contributed by atoms with van der Waals surface area (Å²) in [5.41, 5.74) is 2.54. The Labute approximate surface area is 115 Å². The van der Waals surface area contributed by atoms with Crippen LogP contribution < -0.4 is 11.3 Å². The molecule has 2 rings (SSSR count). The van der Waals surface area contributed by atoms with Crippen LogP contribution in [0.4, 0.5) is 11.4 Å². The first kappa shape index (κ1) is 14.2. The number of aliphatic hydroxyl groups is 1. The van der Waals surface area contributed by atoms with Gasteiger partial charge < -0.3 is 15.4 Å². The third kappa shape index (κ3) is 2.86. The van der Waals surface area contributed by atoms with Crippen LogP contribution in [-0.4, -0.2) is 40.0 Å². The number of nitro groups is 1. The number of carbonyl (C=O) groups is 1. The molecule has 0 unspecified atom stereocenters. The van der Waals surface area contributed by atoms with E-state index in [1.54, 1.807) is 0 Å². The molecule has 1 fully saturated rings. The van der Waals surface area contributed by atoms with E-state index in [-0.39, 0.29) is 11.3 Å². The molecular formula is C12H16N4O4. The van der Waals surface area contributed by atoms with Gasteiger partial charge in [0.25, 0.3) is 11.6 Å². The van der Waals surface area contributed by atoms with Crippen LogP contribution >= 0.6 is 0 Å². The molecule has 8 heteroatoms. The summed E-state index contributed by atoms with van der Waals surface area (Å²) in [5, 5.41) is 20.4. The van der Waals surface area contributed by atoms with Crippen LogP contribution in [0.3, 0.4) is 0 Å². The molecule has 8 nitrogen and oxygen atoms in total. The number of likely N-dealkylation sites (tertiary alicyclic amines) is 1. The summed E-state index contributed by atoms with van der Waals surface area (Å²) in [5.74, 6) is 4.85. The molecule has 0 spiro atoms. The highest BCUT2D eigenvalue weighted by molar-refractivity contribution is 5.99. The van der Waals surface area contributed by atoms with Crippen LogP contribution in [-0.2, 0) is 0 Å². The van der Waals surface area contributed by atoms with E-state index < -0.39 is 16.9 Å². The SMILES string of the molecule is NNc1ccc([N+](=O)[O-])c(C(=O)N2CCC(O)CC2)c1. The Balaban J connectivity index is 2.30. The summed E-state index contributed by atoms with van der Waals surface area (Å²) in [4.78, 5) is 24.3. The maximum atomic E-state index is 12.4. The minimum Gasteiger partial charge on any atom is -0.393 e. The van der Waals surface area contributed by atoms with Crippen LogP contribution in [0.5, 0.6) is 0 Å².